The second kappa shape index (κ2) is 5.64. The molecule has 0 radical (unpaired) electrons. The highest BCUT2D eigenvalue weighted by Gasteiger charge is 2.17. The van der Waals surface area contributed by atoms with Crippen LogP contribution in [0, 0.1) is 12.3 Å². The zero-order valence-electron chi connectivity index (χ0n) is 14.4. The summed E-state index contributed by atoms with van der Waals surface area (Å²) in [6.07, 6.45) is 7.53. The maximum absolute atomic E-state index is 6.09. The molecule has 0 amide bonds. The molecule has 0 spiro atoms. The van der Waals surface area contributed by atoms with Crippen molar-refractivity contribution in [3.63, 3.8) is 0 Å². The SMILES string of the molecule is C#Cc1ccn2c(N(C)C)c(-c3cc4cc(OC)ccc4o3)cc2c1. The van der Waals surface area contributed by atoms with Gasteiger partial charge in [0, 0.05) is 36.8 Å². The number of nitrogens with zero attached hydrogens (tertiary/aromatic N) is 2. The van der Waals surface area contributed by atoms with E-state index in [-0.39, 0.29) is 0 Å². The van der Waals surface area contributed by atoms with Crippen molar-refractivity contribution in [2.75, 3.05) is 26.1 Å². The van der Waals surface area contributed by atoms with Gasteiger partial charge in [0.1, 0.15) is 22.9 Å². The standard InChI is InChI=1S/C21H18N2O2/c1-5-14-8-9-23-16(10-14)13-18(21(23)22(2)3)20-12-15-11-17(24-4)6-7-19(15)25-20/h1,6-13H,2-4H3. The Morgan fingerprint density at radius 1 is 1.12 bits per heavy atom. The largest absolute Gasteiger partial charge is 0.497 e. The highest BCUT2D eigenvalue weighted by atomic mass is 16.5. The molecule has 0 aliphatic rings. The number of hydrogen-bond donors (Lipinski definition) is 0. The molecular weight excluding hydrogens is 312 g/mol. The quantitative estimate of drug-likeness (QED) is 0.521. The number of terminal acetylenes is 1. The molecule has 124 valence electrons. The highest BCUT2D eigenvalue weighted by molar-refractivity contribution is 5.89. The summed E-state index contributed by atoms with van der Waals surface area (Å²) in [5.41, 5.74) is 3.75. The van der Waals surface area contributed by atoms with Crippen LogP contribution in [0.3, 0.4) is 0 Å². The van der Waals surface area contributed by atoms with Crippen molar-refractivity contribution in [1.29, 1.82) is 0 Å². The predicted molar refractivity (Wildman–Crippen MR) is 101 cm³/mol. The summed E-state index contributed by atoms with van der Waals surface area (Å²) in [5.74, 6) is 5.36. The molecule has 3 aromatic heterocycles. The number of aromatic nitrogens is 1. The number of methoxy groups -OCH3 is 1. The third-order valence-corrected chi connectivity index (χ3v) is 4.33. The lowest BCUT2D eigenvalue weighted by atomic mass is 10.2. The minimum Gasteiger partial charge on any atom is -0.497 e. The Morgan fingerprint density at radius 2 is 1.96 bits per heavy atom. The van der Waals surface area contributed by atoms with E-state index >= 15 is 0 Å². The second-order valence-electron chi connectivity index (χ2n) is 6.15. The summed E-state index contributed by atoms with van der Waals surface area (Å²) >= 11 is 0. The molecule has 0 saturated carbocycles. The average molecular weight is 330 g/mol. The van der Waals surface area contributed by atoms with Crippen molar-refractivity contribution in [3.8, 4) is 29.4 Å². The summed E-state index contributed by atoms with van der Waals surface area (Å²) < 4.78 is 13.5. The first-order valence-corrected chi connectivity index (χ1v) is 7.97. The van der Waals surface area contributed by atoms with Gasteiger partial charge in [0.2, 0.25) is 0 Å². The van der Waals surface area contributed by atoms with Gasteiger partial charge in [-0.3, -0.25) is 0 Å². The van der Waals surface area contributed by atoms with Crippen molar-refractivity contribution in [1.82, 2.24) is 4.40 Å². The number of fused-ring (bicyclic) bond motifs is 2. The average Bonchev–Trinajstić information content (AvgIpc) is 3.20. The molecule has 3 heterocycles. The molecule has 0 unspecified atom stereocenters. The first kappa shape index (κ1) is 15.2. The summed E-state index contributed by atoms with van der Waals surface area (Å²) in [5, 5.41) is 1.01. The molecule has 0 saturated heterocycles. The van der Waals surface area contributed by atoms with E-state index in [9.17, 15) is 0 Å². The van der Waals surface area contributed by atoms with Crippen LogP contribution in [0.4, 0.5) is 5.82 Å². The lowest BCUT2D eigenvalue weighted by Crippen LogP contribution is -2.12. The Morgan fingerprint density at radius 3 is 2.68 bits per heavy atom. The van der Waals surface area contributed by atoms with Crippen molar-refractivity contribution >= 4 is 22.3 Å². The number of ether oxygens (including phenoxy) is 1. The van der Waals surface area contributed by atoms with E-state index in [4.69, 9.17) is 15.6 Å². The van der Waals surface area contributed by atoms with Crippen LogP contribution in [0.1, 0.15) is 5.56 Å². The first-order chi connectivity index (χ1) is 12.1. The molecule has 0 fully saturated rings. The lowest BCUT2D eigenvalue weighted by Gasteiger charge is -2.14. The Hall–Kier alpha value is -3.32. The van der Waals surface area contributed by atoms with Crippen LogP contribution < -0.4 is 9.64 Å². The van der Waals surface area contributed by atoms with Gasteiger partial charge in [-0.1, -0.05) is 5.92 Å². The van der Waals surface area contributed by atoms with Gasteiger partial charge in [-0.25, -0.2) is 0 Å². The summed E-state index contributed by atoms with van der Waals surface area (Å²) in [4.78, 5) is 2.08. The smallest absolute Gasteiger partial charge is 0.139 e. The molecule has 4 nitrogen and oxygen atoms in total. The van der Waals surface area contributed by atoms with E-state index in [1.807, 2.05) is 56.7 Å². The minimum atomic E-state index is 0.813. The highest BCUT2D eigenvalue weighted by Crippen LogP contribution is 2.37. The minimum absolute atomic E-state index is 0.813. The fourth-order valence-corrected chi connectivity index (χ4v) is 3.17. The monoisotopic (exact) mass is 330 g/mol. The van der Waals surface area contributed by atoms with Crippen LogP contribution in [0.2, 0.25) is 0 Å². The van der Waals surface area contributed by atoms with Gasteiger partial charge < -0.3 is 18.5 Å². The Kier molecular flexibility index (Phi) is 3.43. The Balaban J connectivity index is 1.96. The summed E-state index contributed by atoms with van der Waals surface area (Å²) in [6, 6.07) is 13.9. The van der Waals surface area contributed by atoms with Gasteiger partial charge in [-0.05, 0) is 42.5 Å². The lowest BCUT2D eigenvalue weighted by molar-refractivity contribution is 0.415. The third kappa shape index (κ3) is 2.41. The van der Waals surface area contributed by atoms with E-state index in [0.717, 1.165) is 44.9 Å². The van der Waals surface area contributed by atoms with Crippen LogP contribution >= 0.6 is 0 Å². The molecule has 0 aliphatic heterocycles. The summed E-state index contributed by atoms with van der Waals surface area (Å²) in [7, 11) is 5.70. The third-order valence-electron chi connectivity index (χ3n) is 4.33. The van der Waals surface area contributed by atoms with Crippen molar-refractivity contribution in [2.45, 2.75) is 0 Å². The van der Waals surface area contributed by atoms with Crippen LogP contribution in [0.15, 0.2) is 53.1 Å². The molecule has 0 bridgehead atoms. The Labute approximate surface area is 146 Å². The van der Waals surface area contributed by atoms with E-state index < -0.39 is 0 Å². The van der Waals surface area contributed by atoms with Crippen molar-refractivity contribution < 1.29 is 9.15 Å². The molecule has 0 N–H and O–H groups in total. The van der Waals surface area contributed by atoms with E-state index in [1.54, 1.807) is 7.11 Å². The number of rotatable bonds is 3. The normalized spacial score (nSPS) is 11.0. The number of anilines is 1. The predicted octanol–water partition coefficient (Wildman–Crippen LogP) is 4.41. The van der Waals surface area contributed by atoms with Gasteiger partial charge in [0.05, 0.1) is 12.7 Å². The topological polar surface area (TPSA) is 30.0 Å². The Bertz CT molecular complexity index is 1130. The van der Waals surface area contributed by atoms with Gasteiger partial charge >= 0.3 is 0 Å². The van der Waals surface area contributed by atoms with E-state index in [0.29, 0.717) is 0 Å². The number of benzene rings is 1. The van der Waals surface area contributed by atoms with Crippen LogP contribution in [-0.2, 0) is 0 Å². The van der Waals surface area contributed by atoms with Crippen LogP contribution in [0.5, 0.6) is 5.75 Å². The fourth-order valence-electron chi connectivity index (χ4n) is 3.17. The molecule has 4 heteroatoms. The van der Waals surface area contributed by atoms with Gasteiger partial charge in [-0.15, -0.1) is 6.42 Å². The van der Waals surface area contributed by atoms with E-state index in [1.165, 1.54) is 0 Å². The summed E-state index contributed by atoms with van der Waals surface area (Å²) in [6.45, 7) is 0. The molecule has 4 aromatic rings. The second-order valence-corrected chi connectivity index (χ2v) is 6.15. The van der Waals surface area contributed by atoms with E-state index in [2.05, 4.69) is 21.3 Å². The zero-order chi connectivity index (χ0) is 17.6. The van der Waals surface area contributed by atoms with Crippen molar-refractivity contribution in [2.24, 2.45) is 0 Å². The molecule has 25 heavy (non-hydrogen) atoms. The molecular formula is C21H18N2O2. The number of hydrogen-bond acceptors (Lipinski definition) is 3. The first-order valence-electron chi connectivity index (χ1n) is 7.97. The van der Waals surface area contributed by atoms with Crippen LogP contribution in [-0.4, -0.2) is 25.6 Å². The fraction of sp³-hybridized carbons (Fsp3) is 0.143. The maximum atomic E-state index is 6.09. The maximum Gasteiger partial charge on any atom is 0.139 e. The van der Waals surface area contributed by atoms with Gasteiger partial charge in [0.25, 0.3) is 0 Å². The van der Waals surface area contributed by atoms with Crippen LogP contribution in [0.25, 0.3) is 27.8 Å². The number of pyridine rings is 1. The van der Waals surface area contributed by atoms with Gasteiger partial charge in [0.15, 0.2) is 0 Å². The molecule has 1 aromatic carbocycles. The van der Waals surface area contributed by atoms with Gasteiger partial charge in [-0.2, -0.15) is 0 Å². The zero-order valence-corrected chi connectivity index (χ0v) is 14.4. The van der Waals surface area contributed by atoms with Crippen molar-refractivity contribution in [3.05, 3.63) is 54.2 Å². The number of furan rings is 1. The molecule has 4 rings (SSSR count). The molecule has 0 aliphatic carbocycles. The molecule has 0 atom stereocenters.